The van der Waals surface area contributed by atoms with Gasteiger partial charge in [0.15, 0.2) is 0 Å². The largest absolute Gasteiger partial charge is 0.497 e. The van der Waals surface area contributed by atoms with Crippen molar-refractivity contribution >= 4 is 27.4 Å². The Bertz CT molecular complexity index is 974. The molecular formula is C22H31N3O2S. The number of ether oxygens (including phenoxy) is 1. The Morgan fingerprint density at radius 2 is 1.79 bits per heavy atom. The maximum Gasteiger partial charge on any atom is 0.120 e. The van der Waals surface area contributed by atoms with E-state index in [1.54, 1.807) is 7.11 Å². The molecule has 0 fully saturated rings. The minimum absolute atomic E-state index is 0.143. The molecule has 0 spiro atoms. The molecule has 2 aromatic rings. The molecule has 1 atom stereocenters. The molecule has 5 nitrogen and oxygen atoms in total. The quantitative estimate of drug-likeness (QED) is 0.455. The lowest BCUT2D eigenvalue weighted by molar-refractivity contribution is 0.413. The van der Waals surface area contributed by atoms with Gasteiger partial charge >= 0.3 is 0 Å². The highest BCUT2D eigenvalue weighted by atomic mass is 32.2. The number of benzene rings is 2. The lowest BCUT2D eigenvalue weighted by Gasteiger charge is -2.16. The van der Waals surface area contributed by atoms with E-state index in [1.807, 2.05) is 82.4 Å². The van der Waals surface area contributed by atoms with Gasteiger partial charge in [0, 0.05) is 18.8 Å². The van der Waals surface area contributed by atoms with Gasteiger partial charge in [0.25, 0.3) is 0 Å². The molecule has 2 rings (SSSR count). The first-order valence-electron chi connectivity index (χ1n) is 9.47. The predicted molar refractivity (Wildman–Crippen MR) is 119 cm³/mol. The van der Waals surface area contributed by atoms with Gasteiger partial charge in [0.2, 0.25) is 0 Å². The Balaban J connectivity index is 2.57. The highest BCUT2D eigenvalue weighted by Crippen LogP contribution is 2.32. The second-order valence-corrected chi connectivity index (χ2v) is 9.86. The van der Waals surface area contributed by atoms with Crippen LogP contribution in [0.15, 0.2) is 50.6 Å². The molecule has 0 saturated heterocycles. The number of aryl methyl sites for hydroxylation is 2. The lowest BCUT2D eigenvalue weighted by atomic mass is 10.1. The molecule has 0 bridgehead atoms. The lowest BCUT2D eigenvalue weighted by Crippen LogP contribution is -2.14. The molecule has 1 unspecified atom stereocenters. The first kappa shape index (κ1) is 22.0. The van der Waals surface area contributed by atoms with Gasteiger partial charge in [0.05, 0.1) is 39.4 Å². The van der Waals surface area contributed by atoms with Crippen LogP contribution in [0.3, 0.4) is 0 Å². The number of hydrogen-bond donors (Lipinski definition) is 0. The first-order chi connectivity index (χ1) is 13.2. The van der Waals surface area contributed by atoms with Crippen LogP contribution in [0.4, 0.5) is 11.4 Å². The van der Waals surface area contributed by atoms with Crippen molar-refractivity contribution in [3.8, 4) is 5.75 Å². The summed E-state index contributed by atoms with van der Waals surface area (Å²) < 4.78 is 23.9. The Morgan fingerprint density at radius 1 is 1.14 bits per heavy atom. The Kier molecular flexibility index (Phi) is 7.24. The number of nitrogens with zero attached hydrogens (tertiary/aromatic N) is 3. The van der Waals surface area contributed by atoms with Crippen LogP contribution in [0.1, 0.15) is 31.9 Å². The average molecular weight is 402 g/mol. The zero-order chi connectivity index (χ0) is 20.9. The topological polar surface area (TPSA) is 54.3 Å². The molecule has 28 heavy (non-hydrogen) atoms. The van der Waals surface area contributed by atoms with Crippen molar-refractivity contribution in [2.45, 2.75) is 44.8 Å². The highest BCUT2D eigenvalue weighted by molar-refractivity contribution is 7.94. The summed E-state index contributed by atoms with van der Waals surface area (Å²) in [6, 6.07) is 11.3. The zero-order valence-corrected chi connectivity index (χ0v) is 18.7. The van der Waals surface area contributed by atoms with Gasteiger partial charge in [-0.2, -0.15) is 4.36 Å². The van der Waals surface area contributed by atoms with Gasteiger partial charge < -0.3 is 9.64 Å². The van der Waals surface area contributed by atoms with E-state index in [9.17, 15) is 4.21 Å². The normalized spacial score (nSPS) is 13.6. The second-order valence-electron chi connectivity index (χ2n) is 7.13. The summed E-state index contributed by atoms with van der Waals surface area (Å²) in [7, 11) is 0.941. The average Bonchev–Trinajstić information content (AvgIpc) is 2.68. The molecule has 0 radical (unpaired) electrons. The van der Waals surface area contributed by atoms with Gasteiger partial charge in [0.1, 0.15) is 5.75 Å². The number of methoxy groups -OCH3 is 1. The summed E-state index contributed by atoms with van der Waals surface area (Å²) in [5.41, 5.74) is 3.59. The fraction of sp³-hybridized carbons (Fsp3) is 0.409. The summed E-state index contributed by atoms with van der Waals surface area (Å²) in [6.07, 6.45) is 1.83. The van der Waals surface area contributed by atoms with Gasteiger partial charge in [-0.1, -0.05) is 6.07 Å². The van der Waals surface area contributed by atoms with Crippen LogP contribution < -0.4 is 4.74 Å². The Morgan fingerprint density at radius 3 is 2.39 bits per heavy atom. The van der Waals surface area contributed by atoms with Crippen molar-refractivity contribution in [2.75, 3.05) is 20.7 Å². The predicted octanol–water partition coefficient (Wildman–Crippen LogP) is 5.49. The number of rotatable bonds is 7. The number of aliphatic imine (C=N–C) groups is 1. The first-order valence-corrected chi connectivity index (χ1v) is 11.0. The second kappa shape index (κ2) is 9.24. The van der Waals surface area contributed by atoms with E-state index in [0.29, 0.717) is 10.6 Å². The maximum absolute atomic E-state index is 13.9. The van der Waals surface area contributed by atoms with Crippen LogP contribution in [0.5, 0.6) is 5.75 Å². The van der Waals surface area contributed by atoms with Crippen LogP contribution >= 0.6 is 0 Å². The van der Waals surface area contributed by atoms with Crippen LogP contribution in [-0.4, -0.2) is 41.4 Å². The van der Waals surface area contributed by atoms with E-state index >= 15 is 0 Å². The van der Waals surface area contributed by atoms with Crippen LogP contribution in [0.2, 0.25) is 0 Å². The SMILES string of the molecule is CCN(C)/C=N/c1cc(C)c(N=S(=O)(c2cccc(OC)c2)C(C)C)cc1C. The fourth-order valence-electron chi connectivity index (χ4n) is 2.63. The Labute approximate surface area is 169 Å². The molecule has 6 heteroatoms. The molecule has 0 aliphatic rings. The summed E-state index contributed by atoms with van der Waals surface area (Å²) in [4.78, 5) is 7.26. The van der Waals surface area contributed by atoms with E-state index in [1.165, 1.54) is 0 Å². The summed E-state index contributed by atoms with van der Waals surface area (Å²) >= 11 is 0. The molecule has 0 heterocycles. The monoisotopic (exact) mass is 401 g/mol. The molecule has 2 aromatic carbocycles. The van der Waals surface area contributed by atoms with Crippen molar-refractivity contribution in [1.82, 2.24) is 4.90 Å². The third-order valence-corrected chi connectivity index (χ3v) is 7.33. The van der Waals surface area contributed by atoms with Gasteiger partial charge in [-0.25, -0.2) is 9.20 Å². The molecule has 0 amide bonds. The summed E-state index contributed by atoms with van der Waals surface area (Å²) in [6.45, 7) is 10.8. The molecule has 0 N–H and O–H groups in total. The van der Waals surface area contributed by atoms with Crippen LogP contribution in [0, 0.1) is 13.8 Å². The fourth-order valence-corrected chi connectivity index (χ4v) is 4.53. The van der Waals surface area contributed by atoms with E-state index in [4.69, 9.17) is 9.10 Å². The molecule has 0 saturated carbocycles. The molecule has 152 valence electrons. The van der Waals surface area contributed by atoms with Crippen molar-refractivity contribution in [2.24, 2.45) is 9.36 Å². The minimum atomic E-state index is -2.65. The minimum Gasteiger partial charge on any atom is -0.497 e. The third kappa shape index (κ3) is 4.93. The Hall–Kier alpha value is -2.34. The molecule has 0 aliphatic carbocycles. The number of hydrogen-bond acceptors (Lipinski definition) is 4. The van der Waals surface area contributed by atoms with Crippen molar-refractivity contribution in [3.05, 3.63) is 47.5 Å². The van der Waals surface area contributed by atoms with Crippen molar-refractivity contribution < 1.29 is 8.95 Å². The smallest absolute Gasteiger partial charge is 0.120 e. The standard InChI is InChI=1S/C22H31N3O2S/c1-8-25(6)15-23-21-12-18(5)22(13-17(21)4)24-28(26,16(2)3)20-11-9-10-19(14-20)27-7/h9-16H,8H2,1-7H3/b23-15+. The van der Waals surface area contributed by atoms with Crippen LogP contribution in [-0.2, 0) is 9.73 Å². The summed E-state index contributed by atoms with van der Waals surface area (Å²) in [5.74, 6) is 0.679. The molecule has 0 aliphatic heterocycles. The third-order valence-electron chi connectivity index (χ3n) is 4.66. The molecular weight excluding hydrogens is 370 g/mol. The molecule has 0 aromatic heterocycles. The van der Waals surface area contributed by atoms with E-state index in [2.05, 4.69) is 11.9 Å². The van der Waals surface area contributed by atoms with Gasteiger partial charge in [-0.3, -0.25) is 0 Å². The van der Waals surface area contributed by atoms with Crippen molar-refractivity contribution in [1.29, 1.82) is 0 Å². The van der Waals surface area contributed by atoms with Crippen LogP contribution in [0.25, 0.3) is 0 Å². The van der Waals surface area contributed by atoms with Crippen molar-refractivity contribution in [3.63, 3.8) is 0 Å². The zero-order valence-electron chi connectivity index (χ0n) is 17.9. The highest BCUT2D eigenvalue weighted by Gasteiger charge is 2.19. The summed E-state index contributed by atoms with van der Waals surface area (Å²) in [5, 5.41) is -0.143. The maximum atomic E-state index is 13.9. The van der Waals surface area contributed by atoms with E-state index in [0.717, 1.165) is 29.0 Å². The van der Waals surface area contributed by atoms with Gasteiger partial charge in [-0.15, -0.1) is 0 Å². The van der Waals surface area contributed by atoms with E-state index < -0.39 is 9.73 Å². The van der Waals surface area contributed by atoms with E-state index in [-0.39, 0.29) is 5.25 Å². The van der Waals surface area contributed by atoms with Gasteiger partial charge in [-0.05, 0) is 76.1 Å².